The molecule has 2 aromatic rings. The summed E-state index contributed by atoms with van der Waals surface area (Å²) in [6.45, 7) is 1.02. The van der Waals surface area contributed by atoms with Gasteiger partial charge < -0.3 is 29.2 Å². The van der Waals surface area contributed by atoms with Gasteiger partial charge in [-0.05, 0) is 0 Å². The zero-order valence-electron chi connectivity index (χ0n) is 13.5. The van der Waals surface area contributed by atoms with E-state index >= 15 is 0 Å². The van der Waals surface area contributed by atoms with E-state index in [-0.39, 0.29) is 11.5 Å². The molecule has 0 saturated heterocycles. The number of aromatic hydroxyl groups is 2. The van der Waals surface area contributed by atoms with Crippen molar-refractivity contribution < 1.29 is 29.2 Å². The van der Waals surface area contributed by atoms with Crippen molar-refractivity contribution in [2.75, 3.05) is 27.4 Å². The van der Waals surface area contributed by atoms with Gasteiger partial charge in [-0.3, -0.25) is 0 Å². The first-order valence-electron chi connectivity index (χ1n) is 7.77. The average Bonchev–Trinajstić information content (AvgIpc) is 3.23. The minimum atomic E-state index is 0.0469. The molecule has 0 bridgehead atoms. The standard InChI is InChI=1S/C18H18O6/c1-21-13-7-11(19)15(9-3-5-23-17(9)13)16-10-4-6-24-18(10)14(22-2)8-12(16)20/h7-8,19-20H,3-6H2,1-2H3. The SMILES string of the molecule is COc1cc(O)c(-c2c(O)cc(OC)c3c2CCO3)c2c1OCC2. The van der Waals surface area contributed by atoms with Crippen LogP contribution in [0.25, 0.3) is 11.1 Å². The van der Waals surface area contributed by atoms with Gasteiger partial charge in [-0.2, -0.15) is 0 Å². The zero-order chi connectivity index (χ0) is 16.8. The van der Waals surface area contributed by atoms with E-state index in [9.17, 15) is 10.2 Å². The maximum atomic E-state index is 10.6. The predicted octanol–water partition coefficient (Wildman–Crippen LogP) is 2.65. The molecule has 0 spiro atoms. The lowest BCUT2D eigenvalue weighted by Crippen LogP contribution is -1.96. The predicted molar refractivity (Wildman–Crippen MR) is 86.7 cm³/mol. The first-order chi connectivity index (χ1) is 11.7. The van der Waals surface area contributed by atoms with E-state index in [2.05, 4.69) is 0 Å². The quantitative estimate of drug-likeness (QED) is 0.901. The molecule has 0 amide bonds. The van der Waals surface area contributed by atoms with Gasteiger partial charge in [0.15, 0.2) is 23.0 Å². The second-order valence-electron chi connectivity index (χ2n) is 5.76. The van der Waals surface area contributed by atoms with E-state index in [1.54, 1.807) is 0 Å². The van der Waals surface area contributed by atoms with Crippen molar-refractivity contribution in [3.05, 3.63) is 23.3 Å². The van der Waals surface area contributed by atoms with Gasteiger partial charge in [0.25, 0.3) is 0 Å². The van der Waals surface area contributed by atoms with Crippen molar-refractivity contribution in [3.8, 4) is 45.6 Å². The Morgan fingerprint density at radius 3 is 1.58 bits per heavy atom. The number of ether oxygens (including phenoxy) is 4. The van der Waals surface area contributed by atoms with Crippen LogP contribution in [-0.4, -0.2) is 37.6 Å². The van der Waals surface area contributed by atoms with Gasteiger partial charge >= 0.3 is 0 Å². The highest BCUT2D eigenvalue weighted by Crippen LogP contribution is 2.53. The zero-order valence-corrected chi connectivity index (χ0v) is 13.5. The number of hydrogen-bond acceptors (Lipinski definition) is 6. The normalized spacial score (nSPS) is 14.6. The summed E-state index contributed by atoms with van der Waals surface area (Å²) >= 11 is 0. The first kappa shape index (κ1) is 14.8. The molecule has 0 aliphatic carbocycles. The van der Waals surface area contributed by atoms with Crippen LogP contribution in [0.3, 0.4) is 0 Å². The minimum Gasteiger partial charge on any atom is -0.507 e. The summed E-state index contributed by atoms with van der Waals surface area (Å²) in [5.41, 5.74) is 2.82. The Labute approximate surface area is 139 Å². The lowest BCUT2D eigenvalue weighted by Gasteiger charge is -2.18. The molecule has 2 heterocycles. The van der Waals surface area contributed by atoms with E-state index in [0.29, 0.717) is 60.2 Å². The second-order valence-corrected chi connectivity index (χ2v) is 5.76. The highest BCUT2D eigenvalue weighted by Gasteiger charge is 2.31. The Balaban J connectivity index is 2.02. The molecule has 126 valence electrons. The minimum absolute atomic E-state index is 0.0469. The van der Waals surface area contributed by atoms with Crippen LogP contribution in [0.15, 0.2) is 12.1 Å². The van der Waals surface area contributed by atoms with Crippen molar-refractivity contribution >= 4 is 0 Å². The number of benzene rings is 2. The average molecular weight is 330 g/mol. The van der Waals surface area contributed by atoms with Gasteiger partial charge in [0.05, 0.1) is 27.4 Å². The molecule has 4 rings (SSSR count). The van der Waals surface area contributed by atoms with Crippen molar-refractivity contribution in [2.45, 2.75) is 12.8 Å². The number of rotatable bonds is 3. The lowest BCUT2D eigenvalue weighted by molar-refractivity contribution is 0.324. The fraction of sp³-hybridized carbons (Fsp3) is 0.333. The molecule has 6 heteroatoms. The van der Waals surface area contributed by atoms with Crippen LogP contribution in [0.2, 0.25) is 0 Å². The summed E-state index contributed by atoms with van der Waals surface area (Å²) < 4.78 is 21.9. The fourth-order valence-corrected chi connectivity index (χ4v) is 3.52. The van der Waals surface area contributed by atoms with Crippen molar-refractivity contribution in [1.29, 1.82) is 0 Å². The lowest BCUT2D eigenvalue weighted by atomic mass is 9.90. The molecule has 0 atom stereocenters. The Bertz CT molecular complexity index is 758. The first-order valence-corrected chi connectivity index (χ1v) is 7.77. The van der Waals surface area contributed by atoms with Crippen LogP contribution in [0.1, 0.15) is 11.1 Å². The topological polar surface area (TPSA) is 77.4 Å². The third-order valence-electron chi connectivity index (χ3n) is 4.53. The van der Waals surface area contributed by atoms with Crippen molar-refractivity contribution in [1.82, 2.24) is 0 Å². The smallest absolute Gasteiger partial charge is 0.165 e. The summed E-state index contributed by atoms with van der Waals surface area (Å²) in [4.78, 5) is 0. The number of phenolic OH excluding ortho intramolecular Hbond substituents is 2. The van der Waals surface area contributed by atoms with Crippen LogP contribution >= 0.6 is 0 Å². The van der Waals surface area contributed by atoms with E-state index in [0.717, 1.165) is 11.1 Å². The van der Waals surface area contributed by atoms with Gasteiger partial charge in [-0.1, -0.05) is 0 Å². The van der Waals surface area contributed by atoms with Gasteiger partial charge in [0.2, 0.25) is 0 Å². The van der Waals surface area contributed by atoms with Crippen LogP contribution in [0.4, 0.5) is 0 Å². The van der Waals surface area contributed by atoms with Gasteiger partial charge in [0, 0.05) is 47.2 Å². The van der Waals surface area contributed by atoms with E-state index in [4.69, 9.17) is 18.9 Å². The largest absolute Gasteiger partial charge is 0.507 e. The fourth-order valence-electron chi connectivity index (χ4n) is 3.52. The number of hydrogen-bond donors (Lipinski definition) is 2. The summed E-state index contributed by atoms with van der Waals surface area (Å²) in [6, 6.07) is 3.04. The summed E-state index contributed by atoms with van der Waals surface area (Å²) in [5.74, 6) is 2.31. The van der Waals surface area contributed by atoms with Gasteiger partial charge in [-0.15, -0.1) is 0 Å². The molecule has 2 aliphatic heterocycles. The molecule has 2 aromatic carbocycles. The number of fused-ring (bicyclic) bond motifs is 2. The van der Waals surface area contributed by atoms with Gasteiger partial charge in [-0.25, -0.2) is 0 Å². The highest BCUT2D eigenvalue weighted by molar-refractivity contribution is 5.87. The summed E-state index contributed by atoms with van der Waals surface area (Å²) in [6.07, 6.45) is 1.27. The highest BCUT2D eigenvalue weighted by atomic mass is 16.5. The summed E-state index contributed by atoms with van der Waals surface area (Å²) in [7, 11) is 3.07. The molecule has 6 nitrogen and oxygen atoms in total. The number of phenols is 2. The maximum Gasteiger partial charge on any atom is 0.165 e. The van der Waals surface area contributed by atoms with Crippen LogP contribution in [0.5, 0.6) is 34.5 Å². The van der Waals surface area contributed by atoms with E-state index in [1.165, 1.54) is 26.4 Å². The Morgan fingerprint density at radius 1 is 0.792 bits per heavy atom. The number of methoxy groups -OCH3 is 2. The Kier molecular flexibility index (Phi) is 3.33. The molecular formula is C18H18O6. The van der Waals surface area contributed by atoms with Gasteiger partial charge in [0.1, 0.15) is 11.5 Å². The Hall–Kier alpha value is -2.76. The van der Waals surface area contributed by atoms with Crippen LogP contribution < -0.4 is 18.9 Å². The molecule has 0 radical (unpaired) electrons. The molecule has 0 saturated carbocycles. The molecule has 2 N–H and O–H groups in total. The molecule has 0 fully saturated rings. The second kappa shape index (κ2) is 5.40. The molecule has 0 aromatic heterocycles. The van der Waals surface area contributed by atoms with Crippen molar-refractivity contribution in [3.63, 3.8) is 0 Å². The Morgan fingerprint density at radius 2 is 1.21 bits per heavy atom. The van der Waals surface area contributed by atoms with Crippen LogP contribution in [-0.2, 0) is 12.8 Å². The van der Waals surface area contributed by atoms with E-state index < -0.39 is 0 Å². The monoisotopic (exact) mass is 330 g/mol. The molecule has 24 heavy (non-hydrogen) atoms. The molecule has 0 unspecified atom stereocenters. The molecule has 2 aliphatic rings. The summed E-state index contributed by atoms with van der Waals surface area (Å²) in [5, 5.41) is 21.2. The van der Waals surface area contributed by atoms with Crippen molar-refractivity contribution in [2.24, 2.45) is 0 Å². The van der Waals surface area contributed by atoms with Crippen LogP contribution in [0, 0.1) is 0 Å². The third kappa shape index (κ3) is 1.95. The maximum absolute atomic E-state index is 10.6. The molecular weight excluding hydrogens is 312 g/mol. The van der Waals surface area contributed by atoms with E-state index in [1.807, 2.05) is 0 Å². The third-order valence-corrected chi connectivity index (χ3v) is 4.53.